The van der Waals surface area contributed by atoms with Crippen molar-refractivity contribution < 1.29 is 14.7 Å². The third-order valence-electron chi connectivity index (χ3n) is 2.00. The Morgan fingerprint density at radius 1 is 1.27 bits per heavy atom. The SMILES string of the molecule is CC(=O)c1ccc(CO)cc1.O=C1CC1. The average molecular weight is 206 g/mol. The lowest BCUT2D eigenvalue weighted by Crippen LogP contribution is -1.91. The van der Waals surface area contributed by atoms with Gasteiger partial charge in [0.25, 0.3) is 0 Å². The van der Waals surface area contributed by atoms with Gasteiger partial charge >= 0.3 is 0 Å². The molecule has 0 aromatic heterocycles. The third kappa shape index (κ3) is 4.51. The maximum Gasteiger partial charge on any atom is 0.159 e. The van der Waals surface area contributed by atoms with E-state index in [2.05, 4.69) is 0 Å². The third-order valence-corrected chi connectivity index (χ3v) is 2.00. The van der Waals surface area contributed by atoms with Gasteiger partial charge in [-0.15, -0.1) is 0 Å². The maximum atomic E-state index is 10.8. The smallest absolute Gasteiger partial charge is 0.159 e. The van der Waals surface area contributed by atoms with E-state index in [0.29, 0.717) is 11.3 Å². The lowest BCUT2D eigenvalue weighted by Gasteiger charge is -1.96. The molecule has 1 fully saturated rings. The fourth-order valence-corrected chi connectivity index (χ4v) is 0.896. The van der Waals surface area contributed by atoms with E-state index in [9.17, 15) is 9.59 Å². The summed E-state index contributed by atoms with van der Waals surface area (Å²) < 4.78 is 0. The molecule has 1 saturated carbocycles. The summed E-state index contributed by atoms with van der Waals surface area (Å²) in [7, 11) is 0. The van der Waals surface area contributed by atoms with Gasteiger partial charge in [-0.3, -0.25) is 9.59 Å². The molecule has 1 aromatic rings. The topological polar surface area (TPSA) is 54.4 Å². The lowest BCUT2D eigenvalue weighted by atomic mass is 10.1. The zero-order valence-electron chi connectivity index (χ0n) is 8.69. The first-order valence-corrected chi connectivity index (χ1v) is 4.86. The van der Waals surface area contributed by atoms with Gasteiger partial charge in [0.05, 0.1) is 6.61 Å². The average Bonchev–Trinajstić information content (AvgIpc) is 3.02. The van der Waals surface area contributed by atoms with Crippen LogP contribution in [-0.2, 0) is 11.4 Å². The Morgan fingerprint density at radius 3 is 2.00 bits per heavy atom. The first kappa shape index (κ1) is 11.6. The van der Waals surface area contributed by atoms with Crippen molar-refractivity contribution in [1.82, 2.24) is 0 Å². The minimum atomic E-state index is 0.0260. The molecule has 0 unspecified atom stereocenters. The van der Waals surface area contributed by atoms with Crippen molar-refractivity contribution in [2.45, 2.75) is 26.4 Å². The van der Waals surface area contributed by atoms with Gasteiger partial charge < -0.3 is 5.11 Å². The van der Waals surface area contributed by atoms with Gasteiger partial charge in [-0.05, 0) is 12.5 Å². The van der Waals surface area contributed by atoms with Crippen LogP contribution in [0.25, 0.3) is 0 Å². The van der Waals surface area contributed by atoms with E-state index in [1.165, 1.54) is 6.92 Å². The monoisotopic (exact) mass is 206 g/mol. The van der Waals surface area contributed by atoms with Gasteiger partial charge in [0.15, 0.2) is 5.78 Å². The number of hydrogen-bond acceptors (Lipinski definition) is 3. The van der Waals surface area contributed by atoms with Gasteiger partial charge in [-0.2, -0.15) is 0 Å². The number of carbonyl (C=O) groups is 2. The van der Waals surface area contributed by atoms with Crippen molar-refractivity contribution in [2.24, 2.45) is 0 Å². The molecule has 2 rings (SSSR count). The lowest BCUT2D eigenvalue weighted by molar-refractivity contribution is -0.109. The minimum Gasteiger partial charge on any atom is -0.392 e. The molecule has 0 radical (unpaired) electrons. The summed E-state index contributed by atoms with van der Waals surface area (Å²) in [4.78, 5) is 20.3. The van der Waals surface area contributed by atoms with Gasteiger partial charge in [0, 0.05) is 18.4 Å². The van der Waals surface area contributed by atoms with E-state index in [1.807, 2.05) is 0 Å². The summed E-state index contributed by atoms with van der Waals surface area (Å²) in [6, 6.07) is 6.93. The zero-order chi connectivity index (χ0) is 11.3. The maximum absolute atomic E-state index is 10.8. The number of rotatable bonds is 2. The number of benzene rings is 1. The van der Waals surface area contributed by atoms with Crippen molar-refractivity contribution in [1.29, 1.82) is 0 Å². The van der Waals surface area contributed by atoms with Crippen LogP contribution in [0.3, 0.4) is 0 Å². The fourth-order valence-electron chi connectivity index (χ4n) is 0.896. The summed E-state index contributed by atoms with van der Waals surface area (Å²) in [6.07, 6.45) is 1.69. The molecule has 1 aliphatic carbocycles. The number of aliphatic hydroxyl groups excluding tert-OH is 1. The molecule has 0 spiro atoms. The Kier molecular flexibility index (Phi) is 4.18. The van der Waals surface area contributed by atoms with Gasteiger partial charge in [0.1, 0.15) is 5.78 Å². The molecule has 15 heavy (non-hydrogen) atoms. The molecule has 3 nitrogen and oxygen atoms in total. The number of Topliss-reactive ketones (excluding diaryl/α,β-unsaturated/α-hetero) is 2. The summed E-state index contributed by atoms with van der Waals surface area (Å²) in [6.45, 7) is 1.55. The van der Waals surface area contributed by atoms with Crippen LogP contribution in [0.15, 0.2) is 24.3 Å². The predicted molar refractivity (Wildman–Crippen MR) is 56.6 cm³/mol. The van der Waals surface area contributed by atoms with Crippen LogP contribution in [-0.4, -0.2) is 16.7 Å². The molecule has 0 aliphatic heterocycles. The van der Waals surface area contributed by atoms with E-state index in [0.717, 1.165) is 18.4 Å². The highest BCUT2D eigenvalue weighted by atomic mass is 16.3. The number of ketones is 2. The molecule has 0 heterocycles. The van der Waals surface area contributed by atoms with Crippen molar-refractivity contribution in [3.63, 3.8) is 0 Å². The summed E-state index contributed by atoms with van der Waals surface area (Å²) in [5, 5.41) is 8.68. The molecule has 1 aromatic carbocycles. The Morgan fingerprint density at radius 2 is 1.73 bits per heavy atom. The standard InChI is InChI=1S/C9H10O2.C3H4O/c1-7(11)9-4-2-8(6-10)3-5-9;4-3-1-2-3/h2-5,10H,6H2,1H3;1-2H2. The zero-order valence-corrected chi connectivity index (χ0v) is 8.69. The van der Waals surface area contributed by atoms with Crippen molar-refractivity contribution >= 4 is 11.6 Å². The quantitative estimate of drug-likeness (QED) is 0.750. The second-order valence-corrected chi connectivity index (χ2v) is 3.45. The van der Waals surface area contributed by atoms with Crippen LogP contribution >= 0.6 is 0 Å². The van der Waals surface area contributed by atoms with E-state index in [-0.39, 0.29) is 12.4 Å². The highest BCUT2D eigenvalue weighted by Crippen LogP contribution is 2.08. The molecule has 0 bridgehead atoms. The largest absolute Gasteiger partial charge is 0.392 e. The highest BCUT2D eigenvalue weighted by molar-refractivity contribution is 5.94. The molecular weight excluding hydrogens is 192 g/mol. The summed E-state index contributed by atoms with van der Waals surface area (Å²) in [5.74, 6) is 0.467. The number of aliphatic hydroxyl groups is 1. The number of hydrogen-bond donors (Lipinski definition) is 1. The van der Waals surface area contributed by atoms with E-state index in [1.54, 1.807) is 24.3 Å². The Labute approximate surface area is 88.7 Å². The predicted octanol–water partition coefficient (Wildman–Crippen LogP) is 1.73. The minimum absolute atomic E-state index is 0.0260. The fraction of sp³-hybridized carbons (Fsp3) is 0.333. The summed E-state index contributed by atoms with van der Waals surface area (Å²) >= 11 is 0. The van der Waals surface area contributed by atoms with Crippen LogP contribution in [0.2, 0.25) is 0 Å². The van der Waals surface area contributed by atoms with Gasteiger partial charge in [-0.25, -0.2) is 0 Å². The van der Waals surface area contributed by atoms with Crippen molar-refractivity contribution in [2.75, 3.05) is 0 Å². The van der Waals surface area contributed by atoms with Crippen LogP contribution in [0, 0.1) is 0 Å². The Balaban J connectivity index is 0.000000234. The molecule has 0 atom stereocenters. The van der Waals surface area contributed by atoms with Crippen molar-refractivity contribution in [3.05, 3.63) is 35.4 Å². The summed E-state index contributed by atoms with van der Waals surface area (Å²) in [5.41, 5.74) is 1.51. The van der Waals surface area contributed by atoms with Crippen LogP contribution in [0.1, 0.15) is 35.7 Å². The molecule has 80 valence electrons. The van der Waals surface area contributed by atoms with Gasteiger partial charge in [0.2, 0.25) is 0 Å². The second-order valence-electron chi connectivity index (χ2n) is 3.45. The number of carbonyl (C=O) groups excluding carboxylic acids is 2. The molecule has 3 heteroatoms. The van der Waals surface area contributed by atoms with Gasteiger partial charge in [-0.1, -0.05) is 24.3 Å². The Bertz CT molecular complexity index is 346. The Hall–Kier alpha value is -1.48. The highest BCUT2D eigenvalue weighted by Gasteiger charge is 2.13. The van der Waals surface area contributed by atoms with E-state index < -0.39 is 0 Å². The van der Waals surface area contributed by atoms with Crippen LogP contribution in [0.5, 0.6) is 0 Å². The van der Waals surface area contributed by atoms with E-state index in [4.69, 9.17) is 5.11 Å². The molecule has 0 saturated heterocycles. The molecule has 0 amide bonds. The van der Waals surface area contributed by atoms with E-state index >= 15 is 0 Å². The van der Waals surface area contributed by atoms with Crippen LogP contribution < -0.4 is 0 Å². The first-order valence-electron chi connectivity index (χ1n) is 4.86. The molecule has 1 aliphatic rings. The molecule has 1 N–H and O–H groups in total. The molecular formula is C12H14O3. The normalized spacial score (nSPS) is 12.8. The second kappa shape index (κ2) is 5.41. The first-order chi connectivity index (χ1) is 7.13. The van der Waals surface area contributed by atoms with Crippen molar-refractivity contribution in [3.8, 4) is 0 Å². The van der Waals surface area contributed by atoms with Crippen LogP contribution in [0.4, 0.5) is 0 Å².